The number of carbonyl (C=O) groups is 1. The number of fused-ring (bicyclic) bond motifs is 2. The molecule has 0 aliphatic heterocycles. The van der Waals surface area contributed by atoms with Crippen LogP contribution in [0.25, 0.3) is 21.2 Å². The minimum absolute atomic E-state index is 0.146. The fourth-order valence-corrected chi connectivity index (χ4v) is 3.65. The Morgan fingerprint density at radius 3 is 2.96 bits per heavy atom. The van der Waals surface area contributed by atoms with Gasteiger partial charge in [0.05, 0.1) is 10.2 Å². The maximum absolute atomic E-state index is 13.4. The molecule has 1 N–H and O–H groups in total. The van der Waals surface area contributed by atoms with Gasteiger partial charge in [-0.1, -0.05) is 22.9 Å². The standard InChI is InChI=1S/C17H10ClFN2O2S/c1-8-11-7-10(19)3-5-13(11)23-15(8)16(22)21-17-20-12-4-2-9(18)6-14(12)24-17/h2-7H,1H3,(H,20,21,22). The molecule has 2 heterocycles. The highest BCUT2D eigenvalue weighted by Crippen LogP contribution is 2.30. The predicted molar refractivity (Wildman–Crippen MR) is 93.5 cm³/mol. The van der Waals surface area contributed by atoms with Gasteiger partial charge in [0.1, 0.15) is 11.4 Å². The van der Waals surface area contributed by atoms with Crippen LogP contribution in [0, 0.1) is 12.7 Å². The number of nitrogens with zero attached hydrogens (tertiary/aromatic N) is 1. The molecule has 1 amide bonds. The number of halogens is 2. The summed E-state index contributed by atoms with van der Waals surface area (Å²) in [5.74, 6) is -0.649. The van der Waals surface area contributed by atoms with Gasteiger partial charge in [-0.05, 0) is 43.3 Å². The van der Waals surface area contributed by atoms with E-state index in [-0.39, 0.29) is 11.6 Å². The van der Waals surface area contributed by atoms with Crippen LogP contribution in [0.5, 0.6) is 0 Å². The van der Waals surface area contributed by atoms with Crippen molar-refractivity contribution < 1.29 is 13.6 Å². The second-order valence-corrected chi connectivity index (χ2v) is 6.75. The van der Waals surface area contributed by atoms with Crippen LogP contribution in [0.3, 0.4) is 0 Å². The van der Waals surface area contributed by atoms with Gasteiger partial charge in [0, 0.05) is 16.0 Å². The van der Waals surface area contributed by atoms with E-state index in [1.54, 1.807) is 25.1 Å². The number of aryl methyl sites for hydroxylation is 1. The number of furan rings is 1. The predicted octanol–water partition coefficient (Wildman–Crippen LogP) is 5.40. The van der Waals surface area contributed by atoms with Gasteiger partial charge in [-0.15, -0.1) is 0 Å². The lowest BCUT2D eigenvalue weighted by Gasteiger charge is -1.98. The molecule has 4 rings (SSSR count). The summed E-state index contributed by atoms with van der Waals surface area (Å²) in [6.07, 6.45) is 0. The Balaban J connectivity index is 1.69. The van der Waals surface area contributed by atoms with Crippen molar-refractivity contribution >= 4 is 55.2 Å². The molecule has 2 aromatic heterocycles. The van der Waals surface area contributed by atoms with E-state index in [1.165, 1.54) is 29.5 Å². The summed E-state index contributed by atoms with van der Waals surface area (Å²) in [6, 6.07) is 9.48. The summed E-state index contributed by atoms with van der Waals surface area (Å²) in [5, 5.41) is 4.36. The van der Waals surface area contributed by atoms with Crippen molar-refractivity contribution in [2.75, 3.05) is 5.32 Å². The molecule has 4 aromatic rings. The normalized spacial score (nSPS) is 11.3. The first kappa shape index (κ1) is 15.1. The average molecular weight is 361 g/mol. The van der Waals surface area contributed by atoms with Crippen molar-refractivity contribution in [3.63, 3.8) is 0 Å². The second-order valence-electron chi connectivity index (χ2n) is 5.28. The minimum atomic E-state index is -0.422. The number of carbonyl (C=O) groups excluding carboxylic acids is 1. The molecule has 0 aliphatic carbocycles. The first-order valence-electron chi connectivity index (χ1n) is 7.07. The topological polar surface area (TPSA) is 55.1 Å². The van der Waals surface area contributed by atoms with Gasteiger partial charge < -0.3 is 4.42 Å². The number of benzene rings is 2. The highest BCUT2D eigenvalue weighted by Gasteiger charge is 2.19. The van der Waals surface area contributed by atoms with Crippen LogP contribution in [0.1, 0.15) is 16.1 Å². The minimum Gasteiger partial charge on any atom is -0.451 e. The van der Waals surface area contributed by atoms with Gasteiger partial charge in [0.15, 0.2) is 10.9 Å². The van der Waals surface area contributed by atoms with Crippen molar-refractivity contribution in [3.8, 4) is 0 Å². The lowest BCUT2D eigenvalue weighted by atomic mass is 10.1. The number of hydrogen-bond acceptors (Lipinski definition) is 4. The van der Waals surface area contributed by atoms with Crippen molar-refractivity contribution in [1.82, 2.24) is 4.98 Å². The highest BCUT2D eigenvalue weighted by atomic mass is 35.5. The number of hydrogen-bond donors (Lipinski definition) is 1. The quantitative estimate of drug-likeness (QED) is 0.521. The van der Waals surface area contributed by atoms with Crippen LogP contribution >= 0.6 is 22.9 Å². The SMILES string of the molecule is Cc1c(C(=O)Nc2nc3ccc(Cl)cc3s2)oc2ccc(F)cc12. The first-order valence-corrected chi connectivity index (χ1v) is 8.27. The largest absolute Gasteiger partial charge is 0.451 e. The van der Waals surface area contributed by atoms with Crippen molar-refractivity contribution in [2.45, 2.75) is 6.92 Å². The van der Waals surface area contributed by atoms with E-state index in [4.69, 9.17) is 16.0 Å². The number of anilines is 1. The van der Waals surface area contributed by atoms with Crippen LogP contribution in [0.2, 0.25) is 5.02 Å². The zero-order valence-corrected chi connectivity index (χ0v) is 14.0. The van der Waals surface area contributed by atoms with E-state index >= 15 is 0 Å². The molecule has 2 aromatic carbocycles. The lowest BCUT2D eigenvalue weighted by Crippen LogP contribution is -2.11. The monoisotopic (exact) mass is 360 g/mol. The molecule has 4 nitrogen and oxygen atoms in total. The lowest BCUT2D eigenvalue weighted by molar-refractivity contribution is 0.0998. The zero-order valence-electron chi connectivity index (χ0n) is 12.4. The van der Waals surface area contributed by atoms with Crippen LogP contribution < -0.4 is 5.32 Å². The highest BCUT2D eigenvalue weighted by molar-refractivity contribution is 7.22. The molecule has 0 saturated carbocycles. The van der Waals surface area contributed by atoms with Gasteiger partial charge in [-0.25, -0.2) is 9.37 Å². The Hall–Kier alpha value is -2.44. The molecule has 0 spiro atoms. The number of rotatable bonds is 2. The van der Waals surface area contributed by atoms with Gasteiger partial charge in [-0.2, -0.15) is 0 Å². The van der Waals surface area contributed by atoms with Gasteiger partial charge in [0.2, 0.25) is 0 Å². The third-order valence-electron chi connectivity index (χ3n) is 3.68. The molecule has 120 valence electrons. The Bertz CT molecular complexity index is 1100. The smallest absolute Gasteiger partial charge is 0.293 e. The van der Waals surface area contributed by atoms with Crippen molar-refractivity contribution in [2.24, 2.45) is 0 Å². The first-order chi connectivity index (χ1) is 11.5. The summed E-state index contributed by atoms with van der Waals surface area (Å²) >= 11 is 7.27. The third-order valence-corrected chi connectivity index (χ3v) is 4.84. The van der Waals surface area contributed by atoms with E-state index in [0.29, 0.717) is 26.7 Å². The van der Waals surface area contributed by atoms with Gasteiger partial charge >= 0.3 is 0 Å². The molecule has 0 unspecified atom stereocenters. The fraction of sp³-hybridized carbons (Fsp3) is 0.0588. The molecule has 0 atom stereocenters. The van der Waals surface area contributed by atoms with E-state index < -0.39 is 5.91 Å². The number of amides is 1. The van der Waals surface area contributed by atoms with Crippen LogP contribution in [-0.2, 0) is 0 Å². The maximum atomic E-state index is 13.4. The molecular weight excluding hydrogens is 351 g/mol. The average Bonchev–Trinajstić information content (AvgIpc) is 3.08. The third kappa shape index (κ3) is 2.53. The van der Waals surface area contributed by atoms with Crippen molar-refractivity contribution in [3.05, 3.63) is 58.6 Å². The molecule has 0 radical (unpaired) electrons. The molecule has 0 bridgehead atoms. The number of nitrogens with one attached hydrogen (secondary N) is 1. The zero-order chi connectivity index (χ0) is 16.8. The Morgan fingerprint density at radius 1 is 1.29 bits per heavy atom. The Kier molecular flexibility index (Phi) is 3.51. The Labute approximate surface area is 144 Å². The summed E-state index contributed by atoms with van der Waals surface area (Å²) in [7, 11) is 0. The molecule has 24 heavy (non-hydrogen) atoms. The molecule has 7 heteroatoms. The summed E-state index contributed by atoms with van der Waals surface area (Å²) in [6.45, 7) is 1.72. The summed E-state index contributed by atoms with van der Waals surface area (Å²) in [5.41, 5.74) is 1.81. The molecule has 0 aliphatic rings. The fourth-order valence-electron chi connectivity index (χ4n) is 2.52. The Morgan fingerprint density at radius 2 is 2.12 bits per heavy atom. The number of thiazole rings is 1. The van der Waals surface area contributed by atoms with E-state index in [2.05, 4.69) is 10.3 Å². The molecule has 0 saturated heterocycles. The number of aromatic nitrogens is 1. The molecular formula is C17H10ClFN2O2S. The van der Waals surface area contributed by atoms with Crippen LogP contribution in [0.15, 0.2) is 40.8 Å². The van der Waals surface area contributed by atoms with Crippen LogP contribution in [0.4, 0.5) is 9.52 Å². The van der Waals surface area contributed by atoms with E-state index in [0.717, 1.165) is 10.2 Å². The second kappa shape index (κ2) is 5.58. The van der Waals surface area contributed by atoms with Gasteiger partial charge in [-0.3, -0.25) is 10.1 Å². The summed E-state index contributed by atoms with van der Waals surface area (Å²) in [4.78, 5) is 16.8. The molecule has 0 fully saturated rings. The van der Waals surface area contributed by atoms with Crippen LogP contribution in [-0.4, -0.2) is 10.9 Å². The summed E-state index contributed by atoms with van der Waals surface area (Å²) < 4.78 is 19.8. The van der Waals surface area contributed by atoms with E-state index in [1.807, 2.05) is 0 Å². The van der Waals surface area contributed by atoms with E-state index in [9.17, 15) is 9.18 Å². The van der Waals surface area contributed by atoms with Gasteiger partial charge in [0.25, 0.3) is 5.91 Å². The van der Waals surface area contributed by atoms with Crippen molar-refractivity contribution in [1.29, 1.82) is 0 Å². The maximum Gasteiger partial charge on any atom is 0.293 e.